The topological polar surface area (TPSA) is 43.4 Å². The number of halogens is 3. The second-order valence-electron chi connectivity index (χ2n) is 9.23. The molecule has 0 saturated carbocycles. The normalized spacial score (nSPS) is 22.4. The summed E-state index contributed by atoms with van der Waals surface area (Å²) in [7, 11) is -5.72. The molecule has 5 rings (SSSR count). The highest BCUT2D eigenvalue weighted by atomic mass is 32.2. The van der Waals surface area contributed by atoms with E-state index in [9.17, 15) is 21.6 Å². The summed E-state index contributed by atoms with van der Waals surface area (Å²) >= 11 is 0. The van der Waals surface area contributed by atoms with Gasteiger partial charge in [-0.3, -0.25) is 0 Å². The number of rotatable bonds is 4. The van der Waals surface area contributed by atoms with Crippen LogP contribution in [0.4, 0.5) is 13.2 Å². The van der Waals surface area contributed by atoms with Crippen molar-refractivity contribution in [3.63, 3.8) is 0 Å². The van der Waals surface area contributed by atoms with Crippen molar-refractivity contribution >= 4 is 15.7 Å². The number of allylic oxidation sites excluding steroid dienone is 2. The van der Waals surface area contributed by atoms with E-state index >= 15 is 0 Å². The molecule has 0 fully saturated rings. The average molecular weight is 499 g/mol. The fourth-order valence-electron chi connectivity index (χ4n) is 5.76. The third-order valence-corrected chi connectivity index (χ3v) is 8.29. The Kier molecular flexibility index (Phi) is 5.99. The van der Waals surface area contributed by atoms with Gasteiger partial charge in [0.2, 0.25) is 0 Å². The molecule has 0 bridgehead atoms. The summed E-state index contributed by atoms with van der Waals surface area (Å²) in [5.74, 6) is -0.0175. The Balaban J connectivity index is 1.62. The number of alkyl halides is 3. The average Bonchev–Trinajstić information content (AvgIpc) is 3.00. The summed E-state index contributed by atoms with van der Waals surface area (Å²) < 4.78 is 66.3. The first-order valence-electron chi connectivity index (χ1n) is 11.6. The van der Waals surface area contributed by atoms with Crippen molar-refractivity contribution in [3.8, 4) is 5.75 Å². The van der Waals surface area contributed by atoms with E-state index in [1.165, 1.54) is 23.3 Å². The van der Waals surface area contributed by atoms with Crippen LogP contribution in [-0.2, 0) is 22.0 Å². The SMILES string of the molecule is O=S(=O)(Oc1ccc2c(c1)CCC[C@H]1CC(c3ccccc3)=CCC21c1ccccc1)C(F)(F)F. The number of hydrogen-bond acceptors (Lipinski definition) is 3. The predicted octanol–water partition coefficient (Wildman–Crippen LogP) is 7.03. The van der Waals surface area contributed by atoms with Crippen LogP contribution in [0, 0.1) is 5.92 Å². The van der Waals surface area contributed by atoms with Gasteiger partial charge < -0.3 is 4.18 Å². The van der Waals surface area contributed by atoms with Gasteiger partial charge in [-0.05, 0) is 78.0 Å². The molecule has 35 heavy (non-hydrogen) atoms. The molecule has 3 aromatic rings. The van der Waals surface area contributed by atoms with Crippen LogP contribution in [0.15, 0.2) is 84.9 Å². The maximum atomic E-state index is 12.9. The van der Waals surface area contributed by atoms with Crippen molar-refractivity contribution in [1.29, 1.82) is 0 Å². The number of aryl methyl sites for hydroxylation is 1. The minimum Gasteiger partial charge on any atom is -0.376 e. The van der Waals surface area contributed by atoms with Crippen molar-refractivity contribution in [2.75, 3.05) is 0 Å². The molecular weight excluding hydrogens is 473 g/mol. The van der Waals surface area contributed by atoms with Crippen LogP contribution in [0.5, 0.6) is 5.75 Å². The molecule has 0 amide bonds. The second kappa shape index (κ2) is 8.86. The molecule has 0 N–H and O–H groups in total. The Hall–Kier alpha value is -3.06. The smallest absolute Gasteiger partial charge is 0.376 e. The van der Waals surface area contributed by atoms with Gasteiger partial charge in [0.15, 0.2) is 0 Å². The maximum absolute atomic E-state index is 12.9. The minimum absolute atomic E-state index is 0.289. The first-order chi connectivity index (χ1) is 16.7. The summed E-state index contributed by atoms with van der Waals surface area (Å²) in [6.07, 6.45) is 6.37. The van der Waals surface area contributed by atoms with Gasteiger partial charge in [0.05, 0.1) is 0 Å². The van der Waals surface area contributed by atoms with Crippen molar-refractivity contribution < 1.29 is 25.8 Å². The summed E-state index contributed by atoms with van der Waals surface area (Å²) in [5, 5.41) is 0. The molecule has 0 radical (unpaired) electrons. The van der Waals surface area contributed by atoms with Gasteiger partial charge in [0.25, 0.3) is 0 Å². The quantitative estimate of drug-likeness (QED) is 0.287. The zero-order valence-electron chi connectivity index (χ0n) is 19.0. The van der Waals surface area contributed by atoms with E-state index in [4.69, 9.17) is 0 Å². The molecule has 3 nitrogen and oxygen atoms in total. The number of benzene rings is 3. The molecule has 2 atom stereocenters. The molecule has 0 aromatic heterocycles. The van der Waals surface area contributed by atoms with E-state index in [0.29, 0.717) is 6.42 Å². The van der Waals surface area contributed by atoms with E-state index in [1.54, 1.807) is 6.07 Å². The van der Waals surface area contributed by atoms with Crippen LogP contribution < -0.4 is 4.18 Å². The molecule has 0 aliphatic heterocycles. The Bertz CT molecular complexity index is 1350. The van der Waals surface area contributed by atoms with Crippen LogP contribution in [-0.4, -0.2) is 13.9 Å². The third-order valence-electron chi connectivity index (χ3n) is 7.31. The van der Waals surface area contributed by atoms with E-state index in [2.05, 4.69) is 34.5 Å². The Morgan fingerprint density at radius 1 is 0.914 bits per heavy atom. The standard InChI is InChI=1S/C28H25F3O3S/c29-28(30,31)35(32,33)34-25-14-15-26-22(19-25)10-7-13-24-18-21(20-8-3-1-4-9-20)16-17-27(24,26)23-11-5-2-6-12-23/h1-6,8-9,11-12,14-16,19,24H,7,10,13,17-18H2/t24-,27?/m0/s1. The van der Waals surface area contributed by atoms with Crippen LogP contribution in [0.2, 0.25) is 0 Å². The highest BCUT2D eigenvalue weighted by Crippen LogP contribution is 2.54. The highest BCUT2D eigenvalue weighted by molar-refractivity contribution is 7.88. The largest absolute Gasteiger partial charge is 0.534 e. The minimum atomic E-state index is -5.72. The second-order valence-corrected chi connectivity index (χ2v) is 10.8. The summed E-state index contributed by atoms with van der Waals surface area (Å²) in [5.41, 5.74) is -0.283. The van der Waals surface area contributed by atoms with Crippen LogP contribution in [0.25, 0.3) is 5.57 Å². The van der Waals surface area contributed by atoms with Crippen molar-refractivity contribution in [1.82, 2.24) is 0 Å². The van der Waals surface area contributed by atoms with E-state index in [1.807, 2.05) is 36.4 Å². The van der Waals surface area contributed by atoms with E-state index in [0.717, 1.165) is 42.4 Å². The lowest BCUT2D eigenvalue weighted by Gasteiger charge is -2.45. The molecule has 2 aliphatic rings. The lowest BCUT2D eigenvalue weighted by molar-refractivity contribution is -0.0500. The first-order valence-corrected chi connectivity index (χ1v) is 13.1. The number of fused-ring (bicyclic) bond motifs is 3. The maximum Gasteiger partial charge on any atom is 0.534 e. The zero-order chi connectivity index (χ0) is 24.7. The van der Waals surface area contributed by atoms with Crippen molar-refractivity contribution in [3.05, 3.63) is 107 Å². The highest BCUT2D eigenvalue weighted by Gasteiger charge is 2.49. The van der Waals surface area contributed by atoms with E-state index in [-0.39, 0.29) is 17.1 Å². The van der Waals surface area contributed by atoms with Crippen LogP contribution >= 0.6 is 0 Å². The van der Waals surface area contributed by atoms with Gasteiger partial charge in [-0.2, -0.15) is 21.6 Å². The fourth-order valence-corrected chi connectivity index (χ4v) is 6.21. The lowest BCUT2D eigenvalue weighted by Crippen LogP contribution is -2.38. The van der Waals surface area contributed by atoms with Crippen LogP contribution in [0.3, 0.4) is 0 Å². The molecule has 0 heterocycles. The summed E-state index contributed by atoms with van der Waals surface area (Å²) in [6.45, 7) is 0. The lowest BCUT2D eigenvalue weighted by atomic mass is 9.58. The molecule has 0 saturated heterocycles. The predicted molar refractivity (Wildman–Crippen MR) is 129 cm³/mol. The van der Waals surface area contributed by atoms with Gasteiger partial charge in [0, 0.05) is 5.41 Å². The van der Waals surface area contributed by atoms with Crippen molar-refractivity contribution in [2.24, 2.45) is 5.92 Å². The molecule has 3 aromatic carbocycles. The Morgan fingerprint density at radius 3 is 2.29 bits per heavy atom. The van der Waals surface area contributed by atoms with Gasteiger partial charge in [-0.25, -0.2) is 0 Å². The van der Waals surface area contributed by atoms with Gasteiger partial charge in [0.1, 0.15) is 5.75 Å². The molecule has 182 valence electrons. The van der Waals surface area contributed by atoms with Gasteiger partial charge in [-0.15, -0.1) is 0 Å². The van der Waals surface area contributed by atoms with Gasteiger partial charge >= 0.3 is 15.6 Å². The summed E-state index contributed by atoms with van der Waals surface area (Å²) in [4.78, 5) is 0. The summed E-state index contributed by atoms with van der Waals surface area (Å²) in [6, 6.07) is 25.1. The molecule has 7 heteroatoms. The molecule has 0 spiro atoms. The zero-order valence-corrected chi connectivity index (χ0v) is 19.8. The van der Waals surface area contributed by atoms with E-state index < -0.39 is 15.6 Å². The first kappa shape index (κ1) is 23.7. The molecule has 2 aliphatic carbocycles. The molecule has 1 unspecified atom stereocenters. The Morgan fingerprint density at radius 2 is 1.60 bits per heavy atom. The number of hydrogen-bond donors (Lipinski definition) is 0. The third kappa shape index (κ3) is 4.27. The van der Waals surface area contributed by atoms with Gasteiger partial charge in [-0.1, -0.05) is 72.8 Å². The Labute approximate surface area is 203 Å². The van der Waals surface area contributed by atoms with Crippen molar-refractivity contribution in [2.45, 2.75) is 43.0 Å². The fraction of sp³-hybridized carbons (Fsp3) is 0.286. The monoisotopic (exact) mass is 498 g/mol. The van der Waals surface area contributed by atoms with Crippen LogP contribution in [0.1, 0.15) is 47.9 Å². The molecular formula is C28H25F3O3S.